The van der Waals surface area contributed by atoms with Crippen LogP contribution < -0.4 is 5.32 Å². The highest BCUT2D eigenvalue weighted by molar-refractivity contribution is 6.36. The van der Waals surface area contributed by atoms with Gasteiger partial charge >= 0.3 is 0 Å². The van der Waals surface area contributed by atoms with Gasteiger partial charge in [0.05, 0.1) is 0 Å². The summed E-state index contributed by atoms with van der Waals surface area (Å²) in [7, 11) is 0. The predicted octanol–water partition coefficient (Wildman–Crippen LogP) is 4.49. The monoisotopic (exact) mass is 271 g/mol. The molecule has 0 aliphatic heterocycles. The second kappa shape index (κ2) is 4.79. The number of halogens is 2. The molecule has 17 heavy (non-hydrogen) atoms. The van der Waals surface area contributed by atoms with Crippen molar-refractivity contribution >= 4 is 23.2 Å². The zero-order chi connectivity index (χ0) is 12.6. The fraction of sp³-hybridized carbons (Fsp3) is 0.571. The van der Waals surface area contributed by atoms with Crippen molar-refractivity contribution in [3.8, 4) is 0 Å². The van der Waals surface area contributed by atoms with Crippen LogP contribution in [0.2, 0.25) is 10.0 Å². The fourth-order valence-electron chi connectivity index (χ4n) is 2.13. The van der Waals surface area contributed by atoms with Crippen molar-refractivity contribution in [1.82, 2.24) is 5.32 Å². The quantitative estimate of drug-likeness (QED) is 0.855. The Hall–Kier alpha value is -0.240. The molecule has 0 aromatic heterocycles. The largest absolute Gasteiger partial charge is 0.312 e. The van der Waals surface area contributed by atoms with Gasteiger partial charge in [-0.05, 0) is 63.3 Å². The summed E-state index contributed by atoms with van der Waals surface area (Å²) < 4.78 is 0. The van der Waals surface area contributed by atoms with Crippen LogP contribution in [-0.2, 0) is 0 Å². The number of benzene rings is 1. The number of rotatable bonds is 3. The third-order valence-corrected chi connectivity index (χ3v) is 3.85. The Bertz CT molecular complexity index is 389. The van der Waals surface area contributed by atoms with Crippen molar-refractivity contribution in [2.75, 3.05) is 6.54 Å². The molecule has 1 aromatic carbocycles. The van der Waals surface area contributed by atoms with E-state index in [1.54, 1.807) is 0 Å². The molecule has 0 radical (unpaired) electrons. The first-order chi connectivity index (χ1) is 7.88. The summed E-state index contributed by atoms with van der Waals surface area (Å²) in [5, 5.41) is 5.15. The van der Waals surface area contributed by atoms with Crippen molar-refractivity contribution in [3.05, 3.63) is 33.8 Å². The summed E-state index contributed by atoms with van der Waals surface area (Å²) in [4.78, 5) is 0. The molecular weight excluding hydrogens is 253 g/mol. The Morgan fingerprint density at radius 1 is 1.24 bits per heavy atom. The maximum absolute atomic E-state index is 6.22. The van der Waals surface area contributed by atoms with E-state index in [-0.39, 0.29) is 5.54 Å². The maximum Gasteiger partial charge on any atom is 0.0455 e. The van der Waals surface area contributed by atoms with Gasteiger partial charge in [-0.25, -0.2) is 0 Å². The maximum atomic E-state index is 6.22. The van der Waals surface area contributed by atoms with Gasteiger partial charge in [-0.15, -0.1) is 0 Å². The molecule has 1 saturated carbocycles. The molecule has 94 valence electrons. The van der Waals surface area contributed by atoms with Crippen LogP contribution in [0.1, 0.15) is 38.7 Å². The SMILES string of the molecule is CC(C)(C)NCC1CC1c1c(Cl)cccc1Cl. The smallest absolute Gasteiger partial charge is 0.0455 e. The van der Waals surface area contributed by atoms with Crippen LogP contribution in [0.3, 0.4) is 0 Å². The minimum absolute atomic E-state index is 0.178. The summed E-state index contributed by atoms with van der Waals surface area (Å²) in [6.45, 7) is 7.60. The first kappa shape index (κ1) is 13.2. The lowest BCUT2D eigenvalue weighted by molar-refractivity contribution is 0.414. The van der Waals surface area contributed by atoms with Gasteiger partial charge in [0.2, 0.25) is 0 Å². The lowest BCUT2D eigenvalue weighted by Crippen LogP contribution is -2.37. The van der Waals surface area contributed by atoms with E-state index in [1.807, 2.05) is 18.2 Å². The number of hydrogen-bond donors (Lipinski definition) is 1. The highest BCUT2D eigenvalue weighted by Crippen LogP contribution is 2.51. The topological polar surface area (TPSA) is 12.0 Å². The van der Waals surface area contributed by atoms with Crippen molar-refractivity contribution in [2.45, 2.75) is 38.6 Å². The van der Waals surface area contributed by atoms with Gasteiger partial charge in [-0.3, -0.25) is 0 Å². The van der Waals surface area contributed by atoms with Gasteiger partial charge < -0.3 is 5.32 Å². The second-order valence-electron chi connectivity index (χ2n) is 5.87. The van der Waals surface area contributed by atoms with Gasteiger partial charge in [0.15, 0.2) is 0 Å². The summed E-state index contributed by atoms with van der Waals surface area (Å²) in [6, 6.07) is 5.75. The van der Waals surface area contributed by atoms with E-state index in [0.29, 0.717) is 11.8 Å². The number of nitrogens with one attached hydrogen (secondary N) is 1. The van der Waals surface area contributed by atoms with Crippen LogP contribution in [0.15, 0.2) is 18.2 Å². The third kappa shape index (κ3) is 3.37. The Labute approximate surface area is 114 Å². The highest BCUT2D eigenvalue weighted by Gasteiger charge is 2.40. The second-order valence-corrected chi connectivity index (χ2v) is 6.68. The Kier molecular flexibility index (Phi) is 3.72. The first-order valence-corrected chi connectivity index (χ1v) is 6.83. The minimum atomic E-state index is 0.178. The zero-order valence-electron chi connectivity index (χ0n) is 10.6. The average Bonchev–Trinajstić information content (AvgIpc) is 2.93. The van der Waals surface area contributed by atoms with Gasteiger partial charge in [0, 0.05) is 15.6 Å². The van der Waals surface area contributed by atoms with Crippen molar-refractivity contribution in [3.63, 3.8) is 0 Å². The fourth-order valence-corrected chi connectivity index (χ4v) is 2.81. The molecule has 0 spiro atoms. The molecule has 1 aliphatic carbocycles. The van der Waals surface area contributed by atoms with E-state index < -0.39 is 0 Å². The molecule has 1 aliphatic rings. The molecule has 2 rings (SSSR count). The van der Waals surface area contributed by atoms with Crippen LogP contribution in [0, 0.1) is 5.92 Å². The molecule has 1 N–H and O–H groups in total. The van der Waals surface area contributed by atoms with Crippen molar-refractivity contribution in [1.29, 1.82) is 0 Å². The lowest BCUT2D eigenvalue weighted by Gasteiger charge is -2.20. The molecule has 1 fully saturated rings. The minimum Gasteiger partial charge on any atom is -0.312 e. The molecule has 0 amide bonds. The molecule has 1 nitrogen and oxygen atoms in total. The Morgan fingerprint density at radius 3 is 2.35 bits per heavy atom. The molecule has 0 saturated heterocycles. The van der Waals surface area contributed by atoms with Crippen molar-refractivity contribution in [2.24, 2.45) is 5.92 Å². The standard InChI is InChI=1S/C14H19Cl2N/c1-14(2,3)17-8-9-7-10(9)13-11(15)5-4-6-12(13)16/h4-6,9-10,17H,7-8H2,1-3H3. The molecule has 0 bridgehead atoms. The molecule has 2 unspecified atom stereocenters. The van der Waals surface area contributed by atoms with Crippen molar-refractivity contribution < 1.29 is 0 Å². The lowest BCUT2D eigenvalue weighted by atomic mass is 10.1. The van der Waals surface area contributed by atoms with E-state index >= 15 is 0 Å². The molecule has 1 aromatic rings. The van der Waals surface area contributed by atoms with Crippen LogP contribution in [0.4, 0.5) is 0 Å². The summed E-state index contributed by atoms with van der Waals surface area (Å²) >= 11 is 12.4. The van der Waals surface area contributed by atoms with Gasteiger partial charge in [0.25, 0.3) is 0 Å². The normalized spacial score (nSPS) is 23.8. The zero-order valence-corrected chi connectivity index (χ0v) is 12.1. The molecule has 3 heteroatoms. The Morgan fingerprint density at radius 2 is 1.82 bits per heavy atom. The van der Waals surface area contributed by atoms with E-state index in [0.717, 1.165) is 22.2 Å². The van der Waals surface area contributed by atoms with Gasteiger partial charge in [0.1, 0.15) is 0 Å². The predicted molar refractivity (Wildman–Crippen MR) is 75.1 cm³/mol. The van der Waals surface area contributed by atoms with E-state index in [1.165, 1.54) is 6.42 Å². The van der Waals surface area contributed by atoms with Crippen LogP contribution in [-0.4, -0.2) is 12.1 Å². The van der Waals surface area contributed by atoms with E-state index in [2.05, 4.69) is 26.1 Å². The van der Waals surface area contributed by atoms with Crippen LogP contribution >= 0.6 is 23.2 Å². The molecule has 0 heterocycles. The van der Waals surface area contributed by atoms with Crippen LogP contribution in [0.25, 0.3) is 0 Å². The summed E-state index contributed by atoms with van der Waals surface area (Å²) in [6.07, 6.45) is 1.19. The Balaban J connectivity index is 1.99. The van der Waals surface area contributed by atoms with E-state index in [9.17, 15) is 0 Å². The molecular formula is C14H19Cl2N. The number of hydrogen-bond acceptors (Lipinski definition) is 1. The summed E-state index contributed by atoms with van der Waals surface area (Å²) in [5.74, 6) is 1.21. The average molecular weight is 272 g/mol. The van der Waals surface area contributed by atoms with Gasteiger partial charge in [-0.1, -0.05) is 29.3 Å². The summed E-state index contributed by atoms with van der Waals surface area (Å²) in [5.41, 5.74) is 1.31. The van der Waals surface area contributed by atoms with Gasteiger partial charge in [-0.2, -0.15) is 0 Å². The van der Waals surface area contributed by atoms with E-state index in [4.69, 9.17) is 23.2 Å². The highest BCUT2D eigenvalue weighted by atomic mass is 35.5. The van der Waals surface area contributed by atoms with Crippen LogP contribution in [0.5, 0.6) is 0 Å². The molecule has 2 atom stereocenters. The third-order valence-electron chi connectivity index (χ3n) is 3.19. The first-order valence-electron chi connectivity index (χ1n) is 6.07.